The third kappa shape index (κ3) is 6.70. The van der Waals surface area contributed by atoms with E-state index in [1.807, 2.05) is 48.5 Å². The predicted octanol–water partition coefficient (Wildman–Crippen LogP) is 6.59. The van der Waals surface area contributed by atoms with Crippen molar-refractivity contribution in [3.8, 4) is 11.5 Å². The molecule has 2 aromatic rings. The van der Waals surface area contributed by atoms with Gasteiger partial charge in [-0.1, -0.05) is 51.4 Å². The number of fused-ring (bicyclic) bond motifs is 2. The van der Waals surface area contributed by atoms with Crippen molar-refractivity contribution in [3.05, 3.63) is 59.7 Å². The molecular formula is C25H32O3. The molecule has 3 heterocycles. The third-order valence-electron chi connectivity index (χ3n) is 5.31. The van der Waals surface area contributed by atoms with Crippen molar-refractivity contribution in [2.75, 3.05) is 13.2 Å². The second-order valence-corrected chi connectivity index (χ2v) is 7.61. The van der Waals surface area contributed by atoms with E-state index < -0.39 is 0 Å². The molecule has 28 heavy (non-hydrogen) atoms. The molecule has 0 atom stereocenters. The number of ketones is 1. The summed E-state index contributed by atoms with van der Waals surface area (Å²) in [7, 11) is 0. The molecule has 4 bridgehead atoms. The summed E-state index contributed by atoms with van der Waals surface area (Å²) in [5, 5.41) is 0. The monoisotopic (exact) mass is 380 g/mol. The lowest BCUT2D eigenvalue weighted by Gasteiger charge is -2.08. The average Bonchev–Trinajstić information content (AvgIpc) is 2.74. The number of carbonyl (C=O) groups is 1. The summed E-state index contributed by atoms with van der Waals surface area (Å²) < 4.78 is 11.6. The van der Waals surface area contributed by atoms with Crippen molar-refractivity contribution < 1.29 is 14.3 Å². The van der Waals surface area contributed by atoms with Crippen LogP contribution in [0.15, 0.2) is 48.5 Å². The van der Waals surface area contributed by atoms with Gasteiger partial charge in [-0.15, -0.1) is 0 Å². The van der Waals surface area contributed by atoms with Crippen LogP contribution in [0.3, 0.4) is 0 Å². The van der Waals surface area contributed by atoms with E-state index >= 15 is 0 Å². The highest BCUT2D eigenvalue weighted by Crippen LogP contribution is 2.19. The van der Waals surface area contributed by atoms with Gasteiger partial charge in [-0.2, -0.15) is 0 Å². The first-order chi connectivity index (χ1) is 13.8. The predicted molar refractivity (Wildman–Crippen MR) is 113 cm³/mol. The van der Waals surface area contributed by atoms with Crippen LogP contribution in [0.25, 0.3) is 0 Å². The molecule has 2 aromatic carbocycles. The minimum absolute atomic E-state index is 0.0245. The second kappa shape index (κ2) is 11.5. The Morgan fingerprint density at radius 1 is 0.464 bits per heavy atom. The van der Waals surface area contributed by atoms with E-state index in [2.05, 4.69) is 0 Å². The Kier molecular flexibility index (Phi) is 8.42. The zero-order valence-electron chi connectivity index (χ0n) is 16.8. The van der Waals surface area contributed by atoms with Crippen LogP contribution in [0.4, 0.5) is 0 Å². The van der Waals surface area contributed by atoms with Crippen LogP contribution in [0.5, 0.6) is 11.5 Å². The molecule has 0 radical (unpaired) electrons. The Bertz CT molecular complexity index is 642. The topological polar surface area (TPSA) is 35.5 Å². The summed E-state index contributed by atoms with van der Waals surface area (Å²) in [5.41, 5.74) is 1.36. The smallest absolute Gasteiger partial charge is 0.193 e. The van der Waals surface area contributed by atoms with Gasteiger partial charge >= 0.3 is 0 Å². The fourth-order valence-electron chi connectivity index (χ4n) is 3.57. The van der Waals surface area contributed by atoms with Crippen LogP contribution in [-0.4, -0.2) is 19.0 Å². The summed E-state index contributed by atoms with van der Waals surface area (Å²) in [5.74, 6) is 1.69. The highest BCUT2D eigenvalue weighted by Gasteiger charge is 2.09. The Morgan fingerprint density at radius 3 is 1.14 bits per heavy atom. The van der Waals surface area contributed by atoms with Crippen LogP contribution >= 0.6 is 0 Å². The zero-order chi connectivity index (χ0) is 19.4. The molecule has 3 aliphatic heterocycles. The Labute approximate surface area is 169 Å². The van der Waals surface area contributed by atoms with Gasteiger partial charge in [0.25, 0.3) is 0 Å². The van der Waals surface area contributed by atoms with Crippen molar-refractivity contribution >= 4 is 5.78 Å². The van der Waals surface area contributed by atoms with Crippen molar-refractivity contribution in [3.63, 3.8) is 0 Å². The molecule has 0 unspecified atom stereocenters. The Hall–Kier alpha value is -2.29. The standard InChI is InChI=1S/C25H32O3/c26-25-21-11-15-23(16-12-21)27-19-9-7-5-3-1-2-4-6-8-10-20-28-24-17-13-22(25)14-18-24/h11-18H,1-10,19-20H2. The number of carbonyl (C=O) groups excluding carboxylic acids is 1. The molecule has 0 fully saturated rings. The molecule has 150 valence electrons. The molecule has 0 aliphatic carbocycles. The molecular weight excluding hydrogens is 348 g/mol. The molecule has 3 nitrogen and oxygen atoms in total. The molecule has 0 saturated carbocycles. The van der Waals surface area contributed by atoms with Crippen LogP contribution in [0.2, 0.25) is 0 Å². The van der Waals surface area contributed by atoms with Gasteiger partial charge in [0.05, 0.1) is 13.2 Å². The zero-order valence-corrected chi connectivity index (χ0v) is 16.8. The summed E-state index contributed by atoms with van der Waals surface area (Å²) in [4.78, 5) is 12.7. The molecule has 0 saturated heterocycles. The normalized spacial score (nSPS) is 17.6. The van der Waals surface area contributed by atoms with Crippen LogP contribution in [0.1, 0.15) is 80.1 Å². The van der Waals surface area contributed by atoms with Crippen molar-refractivity contribution in [1.29, 1.82) is 0 Å². The highest BCUT2D eigenvalue weighted by atomic mass is 16.5. The maximum atomic E-state index is 12.7. The number of benzene rings is 2. The average molecular weight is 381 g/mol. The molecule has 3 heteroatoms. The van der Waals surface area contributed by atoms with Crippen LogP contribution < -0.4 is 9.47 Å². The Balaban J connectivity index is 1.61. The van der Waals surface area contributed by atoms with E-state index in [4.69, 9.17) is 9.47 Å². The summed E-state index contributed by atoms with van der Waals surface area (Å²) in [6, 6.07) is 14.9. The maximum absolute atomic E-state index is 12.7. The SMILES string of the molecule is O=C1c2ccc(cc2)OCCCCCCCCCCCCOc2ccc1cc2. The summed E-state index contributed by atoms with van der Waals surface area (Å²) in [6.07, 6.45) is 12.6. The Morgan fingerprint density at radius 2 is 0.786 bits per heavy atom. The quantitative estimate of drug-likeness (QED) is 0.517. The first-order valence-electron chi connectivity index (χ1n) is 10.8. The van der Waals surface area contributed by atoms with E-state index in [-0.39, 0.29) is 5.78 Å². The first kappa shape index (κ1) is 20.4. The van der Waals surface area contributed by atoms with E-state index in [0.29, 0.717) is 11.1 Å². The van der Waals surface area contributed by atoms with Gasteiger partial charge < -0.3 is 9.47 Å². The number of hydrogen-bond donors (Lipinski definition) is 0. The van der Waals surface area contributed by atoms with Gasteiger partial charge in [-0.05, 0) is 61.4 Å². The van der Waals surface area contributed by atoms with Crippen molar-refractivity contribution in [1.82, 2.24) is 0 Å². The second-order valence-electron chi connectivity index (χ2n) is 7.61. The van der Waals surface area contributed by atoms with E-state index in [0.717, 1.165) is 37.6 Å². The van der Waals surface area contributed by atoms with Gasteiger partial charge in [0.1, 0.15) is 11.5 Å². The van der Waals surface area contributed by atoms with Gasteiger partial charge in [0.2, 0.25) is 0 Å². The van der Waals surface area contributed by atoms with Crippen LogP contribution in [-0.2, 0) is 0 Å². The van der Waals surface area contributed by atoms with Crippen LogP contribution in [0, 0.1) is 0 Å². The van der Waals surface area contributed by atoms with Gasteiger partial charge in [0, 0.05) is 11.1 Å². The lowest BCUT2D eigenvalue weighted by molar-refractivity contribution is 0.103. The fraction of sp³-hybridized carbons (Fsp3) is 0.480. The van der Waals surface area contributed by atoms with E-state index in [1.54, 1.807) is 0 Å². The third-order valence-corrected chi connectivity index (χ3v) is 5.31. The van der Waals surface area contributed by atoms with Gasteiger partial charge in [0.15, 0.2) is 5.78 Å². The lowest BCUT2D eigenvalue weighted by Crippen LogP contribution is -2.03. The number of hydrogen-bond acceptors (Lipinski definition) is 3. The highest BCUT2D eigenvalue weighted by molar-refractivity contribution is 6.09. The van der Waals surface area contributed by atoms with E-state index in [1.165, 1.54) is 51.4 Å². The number of ether oxygens (including phenoxy) is 2. The van der Waals surface area contributed by atoms with Gasteiger partial charge in [-0.25, -0.2) is 0 Å². The largest absolute Gasteiger partial charge is 0.494 e. The molecule has 0 spiro atoms. The molecule has 0 amide bonds. The van der Waals surface area contributed by atoms with Crippen molar-refractivity contribution in [2.24, 2.45) is 0 Å². The van der Waals surface area contributed by atoms with E-state index in [9.17, 15) is 4.79 Å². The van der Waals surface area contributed by atoms with Gasteiger partial charge in [-0.3, -0.25) is 4.79 Å². The summed E-state index contributed by atoms with van der Waals surface area (Å²) >= 11 is 0. The first-order valence-corrected chi connectivity index (χ1v) is 10.8. The minimum Gasteiger partial charge on any atom is -0.494 e. The summed E-state index contributed by atoms with van der Waals surface area (Å²) in [6.45, 7) is 1.49. The van der Waals surface area contributed by atoms with Crippen molar-refractivity contribution in [2.45, 2.75) is 64.2 Å². The maximum Gasteiger partial charge on any atom is 0.193 e. The lowest BCUT2D eigenvalue weighted by atomic mass is 10.0. The molecule has 3 aliphatic rings. The number of rotatable bonds is 0. The molecule has 5 rings (SSSR count). The molecule has 0 N–H and O–H groups in total. The minimum atomic E-state index is 0.0245. The molecule has 0 aromatic heterocycles. The fourth-order valence-corrected chi connectivity index (χ4v) is 3.57.